The molecule has 0 aliphatic rings. The summed E-state index contributed by atoms with van der Waals surface area (Å²) < 4.78 is 11.9. The zero-order chi connectivity index (χ0) is 24.6. The Hall–Kier alpha value is -4.12. The van der Waals surface area contributed by atoms with Crippen molar-refractivity contribution >= 4 is 22.9 Å². The fraction of sp³-hybridized carbons (Fsp3) is 0.200. The average Bonchev–Trinajstić information content (AvgIpc) is 2.86. The molecule has 0 heterocycles. The summed E-state index contributed by atoms with van der Waals surface area (Å²) in [6, 6.07) is 26.2. The van der Waals surface area contributed by atoms with Crippen LogP contribution >= 0.6 is 0 Å². The van der Waals surface area contributed by atoms with E-state index in [1.165, 1.54) is 10.8 Å². The van der Waals surface area contributed by atoms with Gasteiger partial charge in [0.05, 0.1) is 19.2 Å². The summed E-state index contributed by atoms with van der Waals surface area (Å²) in [6.07, 6.45) is 1.90. The fourth-order valence-corrected chi connectivity index (χ4v) is 3.95. The van der Waals surface area contributed by atoms with Crippen molar-refractivity contribution in [3.05, 3.63) is 107 Å². The van der Waals surface area contributed by atoms with Crippen LogP contribution in [0.1, 0.15) is 34.7 Å². The molecule has 0 aromatic heterocycles. The Morgan fingerprint density at radius 1 is 0.886 bits per heavy atom. The van der Waals surface area contributed by atoms with Crippen molar-refractivity contribution in [1.29, 1.82) is 0 Å². The Morgan fingerprint density at radius 3 is 2.57 bits per heavy atom. The number of ether oxygens (including phenoxy) is 2. The minimum absolute atomic E-state index is 0.157. The first-order valence-electron chi connectivity index (χ1n) is 11.8. The third-order valence-electron chi connectivity index (χ3n) is 5.79. The van der Waals surface area contributed by atoms with Gasteiger partial charge >= 0.3 is 0 Å². The third kappa shape index (κ3) is 6.27. The van der Waals surface area contributed by atoms with E-state index >= 15 is 0 Å². The Balaban J connectivity index is 1.41. The smallest absolute Gasteiger partial charge is 0.244 e. The first-order chi connectivity index (χ1) is 17.0. The number of benzene rings is 4. The van der Waals surface area contributed by atoms with Crippen molar-refractivity contribution in [2.45, 2.75) is 33.8 Å². The summed E-state index contributed by atoms with van der Waals surface area (Å²) in [5, 5.41) is 6.49. The van der Waals surface area contributed by atoms with Crippen LogP contribution in [-0.2, 0) is 17.8 Å². The molecule has 5 heteroatoms. The summed E-state index contributed by atoms with van der Waals surface area (Å²) in [5.74, 6) is 1.14. The van der Waals surface area contributed by atoms with Crippen molar-refractivity contribution in [2.75, 3.05) is 6.61 Å². The maximum atomic E-state index is 12.3. The Morgan fingerprint density at radius 2 is 1.71 bits per heavy atom. The van der Waals surface area contributed by atoms with Crippen molar-refractivity contribution in [1.82, 2.24) is 5.43 Å². The summed E-state index contributed by atoms with van der Waals surface area (Å²) >= 11 is 0. The maximum Gasteiger partial charge on any atom is 0.244 e. The number of amides is 1. The van der Waals surface area contributed by atoms with Crippen LogP contribution in [0.3, 0.4) is 0 Å². The second-order valence-electron chi connectivity index (χ2n) is 8.47. The van der Waals surface area contributed by atoms with Crippen molar-refractivity contribution in [2.24, 2.45) is 5.10 Å². The highest BCUT2D eigenvalue weighted by atomic mass is 16.5. The van der Waals surface area contributed by atoms with Crippen molar-refractivity contribution in [3.8, 4) is 11.5 Å². The van der Waals surface area contributed by atoms with Gasteiger partial charge in [-0.15, -0.1) is 0 Å². The molecule has 0 aliphatic carbocycles. The Bertz CT molecular complexity index is 1360. The standard InChI is InChI=1S/C30H30N2O3/c1-4-34-29-17-23(19-31-32-30(33)18-26-16-21(2)12-13-22(26)3)14-15-28(29)35-20-25-10-7-9-24-8-5-6-11-27(24)25/h5-17,19H,4,18,20H2,1-3H3,(H,32,33)/b31-19+. The molecule has 35 heavy (non-hydrogen) atoms. The molecule has 5 nitrogen and oxygen atoms in total. The first kappa shape index (κ1) is 24.0. The number of hydrogen-bond donors (Lipinski definition) is 1. The minimum Gasteiger partial charge on any atom is -0.490 e. The summed E-state index contributed by atoms with van der Waals surface area (Å²) in [7, 11) is 0. The third-order valence-corrected chi connectivity index (χ3v) is 5.79. The molecule has 4 aromatic rings. The molecule has 4 aromatic carbocycles. The lowest BCUT2D eigenvalue weighted by molar-refractivity contribution is -0.120. The number of fused-ring (bicyclic) bond motifs is 1. The van der Waals surface area contributed by atoms with Gasteiger partial charge in [0.1, 0.15) is 6.61 Å². The number of carbonyl (C=O) groups excluding carboxylic acids is 1. The molecule has 0 aliphatic heterocycles. The number of nitrogens with one attached hydrogen (secondary N) is 1. The topological polar surface area (TPSA) is 59.9 Å². The molecule has 0 bridgehead atoms. The highest BCUT2D eigenvalue weighted by Crippen LogP contribution is 2.30. The van der Waals surface area contributed by atoms with Crippen molar-refractivity contribution < 1.29 is 14.3 Å². The van der Waals surface area contributed by atoms with E-state index in [-0.39, 0.29) is 12.3 Å². The molecule has 0 saturated carbocycles. The van der Waals surface area contributed by atoms with Crippen molar-refractivity contribution in [3.63, 3.8) is 0 Å². The van der Waals surface area contributed by atoms with Gasteiger partial charge in [-0.25, -0.2) is 5.43 Å². The van der Waals surface area contributed by atoms with Crippen LogP contribution in [0.4, 0.5) is 0 Å². The lowest BCUT2D eigenvalue weighted by atomic mass is 10.0. The maximum absolute atomic E-state index is 12.3. The lowest BCUT2D eigenvalue weighted by Crippen LogP contribution is -2.20. The van der Waals surface area contributed by atoms with E-state index in [9.17, 15) is 4.79 Å². The highest BCUT2D eigenvalue weighted by Gasteiger charge is 2.09. The Kier molecular flexibility index (Phi) is 7.78. The molecule has 0 saturated heterocycles. The first-order valence-corrected chi connectivity index (χ1v) is 11.8. The van der Waals surface area contributed by atoms with Gasteiger partial charge in [-0.2, -0.15) is 5.10 Å². The molecule has 0 fully saturated rings. The monoisotopic (exact) mass is 466 g/mol. The van der Waals surface area contributed by atoms with Crippen LogP contribution in [0.25, 0.3) is 10.8 Å². The largest absolute Gasteiger partial charge is 0.490 e. The van der Waals surface area contributed by atoms with E-state index in [1.54, 1.807) is 6.21 Å². The van der Waals surface area contributed by atoms with E-state index in [4.69, 9.17) is 9.47 Å². The number of hydrazone groups is 1. The molecule has 1 N–H and O–H groups in total. The molecule has 0 radical (unpaired) electrons. The Labute approximate surface area is 206 Å². The van der Waals surface area contributed by atoms with Crippen LogP contribution in [0, 0.1) is 13.8 Å². The van der Waals surface area contributed by atoms with E-state index in [0.717, 1.165) is 27.8 Å². The summed E-state index contributed by atoms with van der Waals surface area (Å²) in [5.41, 5.74) is 7.76. The molecule has 0 spiro atoms. The summed E-state index contributed by atoms with van der Waals surface area (Å²) in [4.78, 5) is 12.3. The fourth-order valence-electron chi connectivity index (χ4n) is 3.95. The van der Waals surface area contributed by atoms with Crippen LogP contribution < -0.4 is 14.9 Å². The quantitative estimate of drug-likeness (QED) is 0.239. The van der Waals surface area contributed by atoms with Gasteiger partial charge in [0.25, 0.3) is 0 Å². The number of nitrogens with zero attached hydrogens (tertiary/aromatic N) is 1. The van der Waals surface area contributed by atoms with Gasteiger partial charge in [0.15, 0.2) is 11.5 Å². The molecular formula is C30H30N2O3. The van der Waals surface area contributed by atoms with Crippen LogP contribution in [0.5, 0.6) is 11.5 Å². The number of rotatable bonds is 9. The normalized spacial score (nSPS) is 11.1. The van der Waals surface area contributed by atoms with Crippen LogP contribution in [0.2, 0.25) is 0 Å². The van der Waals surface area contributed by atoms with Gasteiger partial charge in [-0.1, -0.05) is 66.2 Å². The van der Waals surface area contributed by atoms with Gasteiger partial charge < -0.3 is 9.47 Å². The predicted molar refractivity (Wildman–Crippen MR) is 141 cm³/mol. The van der Waals surface area contributed by atoms with E-state index in [2.05, 4.69) is 34.8 Å². The highest BCUT2D eigenvalue weighted by molar-refractivity contribution is 5.86. The lowest BCUT2D eigenvalue weighted by Gasteiger charge is -2.13. The minimum atomic E-state index is -0.157. The zero-order valence-corrected chi connectivity index (χ0v) is 20.4. The van der Waals surface area contributed by atoms with E-state index in [0.29, 0.717) is 24.7 Å². The van der Waals surface area contributed by atoms with Gasteiger partial charge in [0, 0.05) is 0 Å². The zero-order valence-electron chi connectivity index (χ0n) is 20.4. The van der Waals surface area contributed by atoms with Crippen LogP contribution in [0.15, 0.2) is 84.0 Å². The molecule has 4 rings (SSSR count). The van der Waals surface area contributed by atoms with E-state index < -0.39 is 0 Å². The van der Waals surface area contributed by atoms with E-state index in [1.807, 2.05) is 75.4 Å². The average molecular weight is 467 g/mol. The number of aryl methyl sites for hydroxylation is 2. The predicted octanol–water partition coefficient (Wildman–Crippen LogP) is 6.13. The molecular weight excluding hydrogens is 436 g/mol. The van der Waals surface area contributed by atoms with Gasteiger partial charge in [0.2, 0.25) is 5.91 Å². The number of carbonyl (C=O) groups is 1. The second-order valence-corrected chi connectivity index (χ2v) is 8.47. The van der Waals surface area contributed by atoms with Crippen LogP contribution in [-0.4, -0.2) is 18.7 Å². The SMILES string of the molecule is CCOc1cc(/C=N/NC(=O)Cc2cc(C)ccc2C)ccc1OCc1cccc2ccccc12. The molecule has 0 unspecified atom stereocenters. The molecule has 178 valence electrons. The molecule has 0 atom stereocenters. The summed E-state index contributed by atoms with van der Waals surface area (Å²) in [6.45, 7) is 6.90. The van der Waals surface area contributed by atoms with Gasteiger partial charge in [-0.3, -0.25) is 4.79 Å². The van der Waals surface area contributed by atoms with Gasteiger partial charge in [-0.05, 0) is 72.0 Å². The second kappa shape index (κ2) is 11.3. The molecule has 1 amide bonds. The number of hydrogen-bond acceptors (Lipinski definition) is 4.